The Hall–Kier alpha value is -2.01. The van der Waals surface area contributed by atoms with Crippen LogP contribution in [0.1, 0.15) is 5.69 Å². The van der Waals surface area contributed by atoms with Gasteiger partial charge >= 0.3 is 0 Å². The number of hydrogen-bond acceptors (Lipinski definition) is 3. The summed E-state index contributed by atoms with van der Waals surface area (Å²) < 4.78 is 31.6. The number of benzene rings is 1. The molecule has 1 heterocycles. The normalized spacial score (nSPS) is 10.4. The Morgan fingerprint density at radius 2 is 1.94 bits per heavy atom. The molecular weight excluding hydrogens is 238 g/mol. The maximum Gasteiger partial charge on any atom is 0.219 e. The maximum absolute atomic E-state index is 13.4. The van der Waals surface area contributed by atoms with Crippen molar-refractivity contribution in [3.05, 3.63) is 53.7 Å². The van der Waals surface area contributed by atoms with Gasteiger partial charge in [-0.1, -0.05) is 12.1 Å². The van der Waals surface area contributed by atoms with Crippen molar-refractivity contribution in [2.24, 2.45) is 0 Å². The van der Waals surface area contributed by atoms with Crippen LogP contribution in [0.5, 0.6) is 11.6 Å². The van der Waals surface area contributed by atoms with Crippen LogP contribution in [0.25, 0.3) is 0 Å². The zero-order valence-corrected chi connectivity index (χ0v) is 9.78. The average Bonchev–Trinajstić information content (AvgIpc) is 2.36. The molecule has 0 spiro atoms. The van der Waals surface area contributed by atoms with Crippen LogP contribution in [0, 0.1) is 11.6 Å². The van der Waals surface area contributed by atoms with Gasteiger partial charge in [-0.2, -0.15) is 4.39 Å². The quantitative estimate of drug-likeness (QED) is 0.906. The lowest BCUT2D eigenvalue weighted by molar-refractivity contribution is 0.404. The van der Waals surface area contributed by atoms with Gasteiger partial charge < -0.3 is 10.1 Å². The van der Waals surface area contributed by atoms with E-state index in [0.29, 0.717) is 6.54 Å². The van der Waals surface area contributed by atoms with Crippen molar-refractivity contribution in [3.8, 4) is 11.6 Å². The van der Waals surface area contributed by atoms with Gasteiger partial charge in [-0.05, 0) is 25.2 Å². The van der Waals surface area contributed by atoms with E-state index >= 15 is 0 Å². The van der Waals surface area contributed by atoms with Gasteiger partial charge in [-0.3, -0.25) is 0 Å². The van der Waals surface area contributed by atoms with Gasteiger partial charge in [0.05, 0.1) is 5.69 Å². The molecule has 0 fully saturated rings. The Kier molecular flexibility index (Phi) is 3.84. The van der Waals surface area contributed by atoms with E-state index in [0.717, 1.165) is 11.8 Å². The van der Waals surface area contributed by atoms with E-state index in [1.807, 2.05) is 6.07 Å². The molecule has 0 radical (unpaired) electrons. The number of hydrogen-bond donors (Lipinski definition) is 1. The lowest BCUT2D eigenvalue weighted by atomic mass is 10.3. The molecule has 1 aromatic heterocycles. The van der Waals surface area contributed by atoms with E-state index in [4.69, 9.17) is 4.74 Å². The fourth-order valence-electron chi connectivity index (χ4n) is 1.47. The Bertz CT molecular complexity index is 546. The van der Waals surface area contributed by atoms with Crippen LogP contribution in [-0.4, -0.2) is 12.0 Å². The second-order valence-corrected chi connectivity index (χ2v) is 3.65. The Labute approximate surface area is 103 Å². The molecule has 0 aliphatic rings. The van der Waals surface area contributed by atoms with Crippen LogP contribution in [0.4, 0.5) is 8.78 Å². The molecule has 0 bridgehead atoms. The van der Waals surface area contributed by atoms with Crippen molar-refractivity contribution in [1.82, 2.24) is 10.3 Å². The molecule has 1 N–H and O–H groups in total. The van der Waals surface area contributed by atoms with Gasteiger partial charge in [0.2, 0.25) is 11.7 Å². The minimum absolute atomic E-state index is 0.177. The number of ether oxygens (including phenoxy) is 1. The fraction of sp³-hybridized carbons (Fsp3) is 0.154. The molecule has 0 aliphatic carbocycles. The van der Waals surface area contributed by atoms with Crippen molar-refractivity contribution in [2.75, 3.05) is 7.05 Å². The smallest absolute Gasteiger partial charge is 0.219 e. The summed E-state index contributed by atoms with van der Waals surface area (Å²) in [7, 11) is 1.79. The first-order chi connectivity index (χ1) is 8.70. The van der Waals surface area contributed by atoms with Gasteiger partial charge in [0, 0.05) is 12.6 Å². The van der Waals surface area contributed by atoms with E-state index in [2.05, 4.69) is 10.3 Å². The monoisotopic (exact) mass is 250 g/mol. The molecule has 0 amide bonds. The highest BCUT2D eigenvalue weighted by Gasteiger charge is 2.10. The summed E-state index contributed by atoms with van der Waals surface area (Å²) >= 11 is 0. The first kappa shape index (κ1) is 12.4. The van der Waals surface area contributed by atoms with Crippen LogP contribution in [0.3, 0.4) is 0 Å². The molecule has 2 rings (SSSR count). The number of rotatable bonds is 4. The topological polar surface area (TPSA) is 34.1 Å². The Morgan fingerprint density at radius 3 is 2.72 bits per heavy atom. The molecule has 3 nitrogen and oxygen atoms in total. The predicted octanol–water partition coefficient (Wildman–Crippen LogP) is 2.87. The molecular formula is C13H12F2N2O. The fourth-order valence-corrected chi connectivity index (χ4v) is 1.47. The summed E-state index contributed by atoms with van der Waals surface area (Å²) in [5, 5.41) is 2.94. The minimum atomic E-state index is -1.02. The average molecular weight is 250 g/mol. The molecule has 0 atom stereocenters. The van der Waals surface area contributed by atoms with E-state index in [-0.39, 0.29) is 11.6 Å². The van der Waals surface area contributed by atoms with E-state index in [9.17, 15) is 8.78 Å². The van der Waals surface area contributed by atoms with Crippen molar-refractivity contribution < 1.29 is 13.5 Å². The molecule has 94 valence electrons. The Morgan fingerprint density at radius 1 is 1.17 bits per heavy atom. The van der Waals surface area contributed by atoms with Crippen molar-refractivity contribution in [3.63, 3.8) is 0 Å². The molecule has 0 unspecified atom stereocenters. The van der Waals surface area contributed by atoms with Crippen molar-refractivity contribution >= 4 is 0 Å². The maximum atomic E-state index is 13.4. The molecule has 0 saturated carbocycles. The minimum Gasteiger partial charge on any atom is -0.436 e. The second-order valence-electron chi connectivity index (χ2n) is 3.65. The Balaban J connectivity index is 2.23. The van der Waals surface area contributed by atoms with Crippen LogP contribution in [-0.2, 0) is 6.54 Å². The summed E-state index contributed by atoms with van der Waals surface area (Å²) in [6.45, 7) is 0.572. The van der Waals surface area contributed by atoms with E-state index in [1.165, 1.54) is 12.1 Å². The highest BCUT2D eigenvalue weighted by Crippen LogP contribution is 2.24. The molecule has 5 heteroatoms. The molecule has 0 aliphatic heterocycles. The van der Waals surface area contributed by atoms with Crippen molar-refractivity contribution in [2.45, 2.75) is 6.54 Å². The molecule has 0 saturated heterocycles. The first-order valence-corrected chi connectivity index (χ1v) is 5.43. The van der Waals surface area contributed by atoms with Gasteiger partial charge in [-0.15, -0.1) is 0 Å². The SMILES string of the molecule is CNCc1cccc(Oc2cccc(F)c2F)n1. The van der Waals surface area contributed by atoms with Crippen LogP contribution in [0.2, 0.25) is 0 Å². The van der Waals surface area contributed by atoms with Gasteiger partial charge in [0.15, 0.2) is 11.6 Å². The second kappa shape index (κ2) is 5.55. The predicted molar refractivity (Wildman–Crippen MR) is 63.4 cm³/mol. The summed E-state index contributed by atoms with van der Waals surface area (Å²) in [5.74, 6) is -1.91. The van der Waals surface area contributed by atoms with E-state index < -0.39 is 11.6 Å². The van der Waals surface area contributed by atoms with Crippen LogP contribution < -0.4 is 10.1 Å². The lowest BCUT2D eigenvalue weighted by Gasteiger charge is -2.07. The summed E-state index contributed by atoms with van der Waals surface area (Å²) in [4.78, 5) is 4.15. The largest absolute Gasteiger partial charge is 0.436 e. The molecule has 18 heavy (non-hydrogen) atoms. The van der Waals surface area contributed by atoms with Crippen molar-refractivity contribution in [1.29, 1.82) is 0 Å². The van der Waals surface area contributed by atoms with E-state index in [1.54, 1.807) is 19.2 Å². The van der Waals surface area contributed by atoms with Crippen LogP contribution >= 0.6 is 0 Å². The third-order valence-corrected chi connectivity index (χ3v) is 2.27. The number of pyridine rings is 1. The number of nitrogens with one attached hydrogen (secondary N) is 1. The molecule has 1 aromatic carbocycles. The number of aromatic nitrogens is 1. The standard InChI is InChI=1S/C13H12F2N2O/c1-16-8-9-4-2-7-12(17-9)18-11-6-3-5-10(14)13(11)15/h2-7,16H,8H2,1H3. The number of nitrogens with zero attached hydrogens (tertiary/aromatic N) is 1. The van der Waals surface area contributed by atoms with Gasteiger partial charge in [-0.25, -0.2) is 9.37 Å². The van der Waals surface area contributed by atoms with Crippen LogP contribution in [0.15, 0.2) is 36.4 Å². The lowest BCUT2D eigenvalue weighted by Crippen LogP contribution is -2.07. The third kappa shape index (κ3) is 2.81. The van der Waals surface area contributed by atoms with Gasteiger partial charge in [0.1, 0.15) is 0 Å². The summed E-state index contributed by atoms with van der Waals surface area (Å²) in [5.41, 5.74) is 0.756. The number of halogens is 2. The third-order valence-electron chi connectivity index (χ3n) is 2.27. The highest BCUT2D eigenvalue weighted by atomic mass is 19.2. The first-order valence-electron chi connectivity index (χ1n) is 5.43. The zero-order valence-electron chi connectivity index (χ0n) is 9.78. The summed E-state index contributed by atoms with van der Waals surface area (Å²) in [6, 6.07) is 8.91. The zero-order chi connectivity index (χ0) is 13.0. The van der Waals surface area contributed by atoms with Gasteiger partial charge in [0.25, 0.3) is 0 Å². The molecule has 2 aromatic rings. The summed E-state index contributed by atoms with van der Waals surface area (Å²) in [6.07, 6.45) is 0. The highest BCUT2D eigenvalue weighted by molar-refractivity contribution is 5.29.